The Balaban J connectivity index is 1.90. The van der Waals surface area contributed by atoms with Crippen molar-refractivity contribution < 1.29 is 14.3 Å². The van der Waals surface area contributed by atoms with Crippen LogP contribution in [-0.4, -0.2) is 30.1 Å². The lowest BCUT2D eigenvalue weighted by Crippen LogP contribution is -2.43. The van der Waals surface area contributed by atoms with Crippen LogP contribution in [0.4, 0.5) is 0 Å². The molecular formula is C26H33NO3. The third-order valence-corrected chi connectivity index (χ3v) is 6.70. The summed E-state index contributed by atoms with van der Waals surface area (Å²) >= 11 is 0. The molecule has 0 amide bonds. The largest absolute Gasteiger partial charge is 0.494 e. The summed E-state index contributed by atoms with van der Waals surface area (Å²) in [7, 11) is 2.04. The smallest absolute Gasteiger partial charge is 0.162 e. The summed E-state index contributed by atoms with van der Waals surface area (Å²) in [5.41, 5.74) is 4.71. The summed E-state index contributed by atoms with van der Waals surface area (Å²) in [5.74, 6) is 0.895. The van der Waals surface area contributed by atoms with Crippen molar-refractivity contribution in [3.8, 4) is 5.75 Å². The molecule has 0 saturated heterocycles. The monoisotopic (exact) mass is 407 g/mol. The Hall–Kier alpha value is -2.36. The molecule has 4 nitrogen and oxygen atoms in total. The summed E-state index contributed by atoms with van der Waals surface area (Å²) in [6.45, 7) is 11.2. The van der Waals surface area contributed by atoms with Gasteiger partial charge in [0.1, 0.15) is 5.75 Å². The van der Waals surface area contributed by atoms with Gasteiger partial charge in [0.2, 0.25) is 0 Å². The molecule has 1 aromatic rings. The van der Waals surface area contributed by atoms with E-state index in [1.54, 1.807) is 0 Å². The van der Waals surface area contributed by atoms with E-state index < -0.39 is 0 Å². The lowest BCUT2D eigenvalue weighted by Gasteiger charge is -2.47. The van der Waals surface area contributed by atoms with Crippen LogP contribution >= 0.6 is 0 Å². The topological polar surface area (TPSA) is 46.6 Å². The molecule has 0 radical (unpaired) electrons. The Bertz CT molecular complexity index is 908. The van der Waals surface area contributed by atoms with E-state index in [2.05, 4.69) is 32.6 Å². The van der Waals surface area contributed by atoms with Crippen LogP contribution in [0.25, 0.3) is 0 Å². The van der Waals surface area contributed by atoms with E-state index in [1.807, 2.05) is 38.2 Å². The molecule has 0 atom stereocenters. The molecule has 4 heteroatoms. The molecule has 0 unspecified atom stereocenters. The van der Waals surface area contributed by atoms with Crippen LogP contribution in [0.5, 0.6) is 5.75 Å². The summed E-state index contributed by atoms with van der Waals surface area (Å²) in [5, 5.41) is 0. The molecule has 2 aliphatic carbocycles. The fraction of sp³-hybridized carbons (Fsp3) is 0.538. The maximum absolute atomic E-state index is 13.4. The lowest BCUT2D eigenvalue weighted by molar-refractivity contribution is -0.119. The predicted octanol–water partition coefficient (Wildman–Crippen LogP) is 5.40. The minimum atomic E-state index is -0.269. The van der Waals surface area contributed by atoms with Crippen LogP contribution < -0.4 is 4.74 Å². The van der Waals surface area contributed by atoms with Gasteiger partial charge in [-0.3, -0.25) is 9.59 Å². The van der Waals surface area contributed by atoms with Crippen molar-refractivity contribution in [1.82, 2.24) is 4.90 Å². The maximum Gasteiger partial charge on any atom is 0.162 e. The normalized spacial score (nSPS) is 23.5. The first-order chi connectivity index (χ1) is 14.0. The van der Waals surface area contributed by atoms with Crippen molar-refractivity contribution in [3.63, 3.8) is 0 Å². The number of carbonyl (C=O) groups is 2. The highest BCUT2D eigenvalue weighted by Gasteiger charge is 2.48. The molecular weight excluding hydrogens is 374 g/mol. The molecule has 1 aromatic carbocycles. The van der Waals surface area contributed by atoms with Crippen LogP contribution in [-0.2, 0) is 9.59 Å². The average molecular weight is 408 g/mol. The lowest BCUT2D eigenvalue weighted by atomic mass is 9.64. The van der Waals surface area contributed by atoms with Crippen LogP contribution in [0.3, 0.4) is 0 Å². The second-order valence-corrected chi connectivity index (χ2v) is 10.6. The minimum absolute atomic E-state index is 0.0696. The molecule has 0 N–H and O–H groups in total. The van der Waals surface area contributed by atoms with Gasteiger partial charge < -0.3 is 9.64 Å². The molecule has 0 bridgehead atoms. The first kappa shape index (κ1) is 20.9. The standard InChI is InChI=1S/C26H33NO3/c1-7-30-17-10-8-16(9-11-17)22-23-18(12-25(2,3)14-20(23)28)27(6)19-13-26(4,5)15-21(29)24(19)22/h8-11,22H,7,12-15H2,1-6H3. The van der Waals surface area contributed by atoms with E-state index in [1.165, 1.54) is 0 Å². The van der Waals surface area contributed by atoms with Crippen molar-refractivity contribution in [1.29, 1.82) is 0 Å². The highest BCUT2D eigenvalue weighted by molar-refractivity contribution is 6.06. The molecule has 30 heavy (non-hydrogen) atoms. The van der Waals surface area contributed by atoms with E-state index in [4.69, 9.17) is 4.74 Å². The number of ether oxygens (including phenoxy) is 1. The molecule has 1 heterocycles. The number of ketones is 2. The number of benzene rings is 1. The van der Waals surface area contributed by atoms with Crippen molar-refractivity contribution >= 4 is 11.6 Å². The van der Waals surface area contributed by atoms with Gasteiger partial charge in [0.15, 0.2) is 11.6 Å². The zero-order valence-electron chi connectivity index (χ0n) is 19.1. The number of hydrogen-bond donors (Lipinski definition) is 0. The van der Waals surface area contributed by atoms with E-state index in [0.717, 1.165) is 46.7 Å². The Labute approximate surface area is 180 Å². The van der Waals surface area contributed by atoms with Crippen LogP contribution in [0, 0.1) is 10.8 Å². The van der Waals surface area contributed by atoms with Gasteiger partial charge in [-0.1, -0.05) is 39.8 Å². The minimum Gasteiger partial charge on any atom is -0.494 e. The van der Waals surface area contributed by atoms with Gasteiger partial charge in [-0.2, -0.15) is 0 Å². The Morgan fingerprint density at radius 3 is 1.77 bits per heavy atom. The fourth-order valence-electron chi connectivity index (χ4n) is 5.42. The second kappa shape index (κ2) is 7.11. The van der Waals surface area contributed by atoms with Gasteiger partial charge in [0.05, 0.1) is 6.61 Å². The molecule has 0 saturated carbocycles. The van der Waals surface area contributed by atoms with Gasteiger partial charge in [0, 0.05) is 48.3 Å². The number of allylic oxidation sites excluding steroid dienone is 4. The van der Waals surface area contributed by atoms with Crippen molar-refractivity contribution in [2.24, 2.45) is 10.8 Å². The van der Waals surface area contributed by atoms with Gasteiger partial charge in [-0.15, -0.1) is 0 Å². The fourth-order valence-corrected chi connectivity index (χ4v) is 5.42. The highest BCUT2D eigenvalue weighted by atomic mass is 16.5. The second-order valence-electron chi connectivity index (χ2n) is 10.6. The molecule has 160 valence electrons. The number of carbonyl (C=O) groups excluding carboxylic acids is 2. The predicted molar refractivity (Wildman–Crippen MR) is 118 cm³/mol. The zero-order valence-corrected chi connectivity index (χ0v) is 19.1. The zero-order chi connectivity index (χ0) is 21.8. The molecule has 1 aliphatic heterocycles. The quantitative estimate of drug-likeness (QED) is 0.673. The Morgan fingerprint density at radius 2 is 1.33 bits per heavy atom. The third kappa shape index (κ3) is 3.51. The summed E-state index contributed by atoms with van der Waals surface area (Å²) in [6.07, 6.45) is 2.75. The molecule has 0 spiro atoms. The van der Waals surface area contributed by atoms with Crippen LogP contribution in [0.1, 0.15) is 71.8 Å². The Morgan fingerprint density at radius 1 is 0.867 bits per heavy atom. The maximum atomic E-state index is 13.4. The van der Waals surface area contributed by atoms with Crippen LogP contribution in [0.15, 0.2) is 46.8 Å². The van der Waals surface area contributed by atoms with Crippen molar-refractivity contribution in [2.45, 2.75) is 66.2 Å². The van der Waals surface area contributed by atoms with Gasteiger partial charge >= 0.3 is 0 Å². The number of rotatable bonds is 3. The van der Waals surface area contributed by atoms with Gasteiger partial charge in [-0.05, 0) is 48.3 Å². The summed E-state index contributed by atoms with van der Waals surface area (Å²) < 4.78 is 5.61. The van der Waals surface area contributed by atoms with E-state index in [9.17, 15) is 9.59 Å². The summed E-state index contributed by atoms with van der Waals surface area (Å²) in [6, 6.07) is 7.95. The van der Waals surface area contributed by atoms with Crippen LogP contribution in [0.2, 0.25) is 0 Å². The molecule has 0 aromatic heterocycles. The molecule has 0 fully saturated rings. The third-order valence-electron chi connectivity index (χ3n) is 6.70. The van der Waals surface area contributed by atoms with Crippen molar-refractivity contribution in [2.75, 3.05) is 13.7 Å². The van der Waals surface area contributed by atoms with Gasteiger partial charge in [-0.25, -0.2) is 0 Å². The highest BCUT2D eigenvalue weighted by Crippen LogP contribution is 2.53. The van der Waals surface area contributed by atoms with E-state index in [0.29, 0.717) is 19.4 Å². The first-order valence-electron chi connectivity index (χ1n) is 11.0. The number of hydrogen-bond acceptors (Lipinski definition) is 4. The van der Waals surface area contributed by atoms with Crippen molar-refractivity contribution in [3.05, 3.63) is 52.4 Å². The van der Waals surface area contributed by atoms with E-state index in [-0.39, 0.29) is 28.3 Å². The molecule has 3 aliphatic rings. The number of nitrogens with zero attached hydrogens (tertiary/aromatic N) is 1. The summed E-state index contributed by atoms with van der Waals surface area (Å²) in [4.78, 5) is 29.0. The number of Topliss-reactive ketones (excluding diaryl/α,β-unsaturated/α-hetero) is 2. The SMILES string of the molecule is CCOc1ccc(C2C3=C(CC(C)(C)CC3=O)N(C)C3=C2C(=O)CC(C)(C)C3)cc1. The van der Waals surface area contributed by atoms with Gasteiger partial charge in [0.25, 0.3) is 0 Å². The first-order valence-corrected chi connectivity index (χ1v) is 11.0. The van der Waals surface area contributed by atoms with E-state index >= 15 is 0 Å². The average Bonchev–Trinajstić information content (AvgIpc) is 2.63. The Kier molecular flexibility index (Phi) is 4.95. The molecule has 4 rings (SSSR count).